The minimum Gasteiger partial charge on any atom is -0.458 e. The molecule has 3 aromatic rings. The Balaban J connectivity index is 1.40. The molecule has 0 spiro atoms. The maximum absolute atomic E-state index is 12.7. The van der Waals surface area contributed by atoms with E-state index >= 15 is 0 Å². The summed E-state index contributed by atoms with van der Waals surface area (Å²) in [6.07, 6.45) is 6.72. The van der Waals surface area contributed by atoms with Gasteiger partial charge >= 0.3 is 6.01 Å². The molecular weight excluding hydrogens is 398 g/mol. The lowest BCUT2D eigenvalue weighted by atomic mass is 10.1. The average molecular weight is 416 g/mol. The number of ether oxygens (including phenoxy) is 1. The summed E-state index contributed by atoms with van der Waals surface area (Å²) < 4.78 is 8.53. The minimum atomic E-state index is -0.0894. The van der Waals surface area contributed by atoms with Crippen molar-refractivity contribution in [2.75, 3.05) is 13.1 Å². The maximum atomic E-state index is 12.7. The fourth-order valence-electron chi connectivity index (χ4n) is 3.15. The first-order valence-corrected chi connectivity index (χ1v) is 9.30. The Labute approximate surface area is 159 Å². The smallest absolute Gasteiger partial charge is 0.316 e. The van der Waals surface area contributed by atoms with Crippen molar-refractivity contribution in [2.45, 2.75) is 25.5 Å². The van der Waals surface area contributed by atoms with Crippen LogP contribution in [0.25, 0.3) is 11.0 Å². The van der Waals surface area contributed by atoms with Crippen LogP contribution in [0.3, 0.4) is 0 Å². The number of hydrogen-bond acceptors (Lipinski definition) is 5. The quantitative estimate of drug-likeness (QED) is 0.654. The lowest BCUT2D eigenvalue weighted by molar-refractivity contribution is -0.134. The highest BCUT2D eigenvalue weighted by Gasteiger charge is 2.25. The van der Waals surface area contributed by atoms with Crippen molar-refractivity contribution in [3.63, 3.8) is 0 Å². The Morgan fingerprint density at radius 3 is 2.88 bits per heavy atom. The van der Waals surface area contributed by atoms with E-state index in [0.717, 1.165) is 34.9 Å². The Bertz CT molecular complexity index is 911. The molecule has 1 fully saturated rings. The molecule has 4 rings (SSSR count). The topological polar surface area (TPSA) is 73.1 Å². The number of likely N-dealkylation sites (tertiary alicyclic amines) is 1. The summed E-state index contributed by atoms with van der Waals surface area (Å²) in [4.78, 5) is 27.2. The molecule has 0 saturated carbocycles. The van der Waals surface area contributed by atoms with Crippen molar-refractivity contribution in [3.8, 4) is 6.01 Å². The molecule has 2 aromatic heterocycles. The summed E-state index contributed by atoms with van der Waals surface area (Å²) in [6, 6.07) is 8.15. The van der Waals surface area contributed by atoms with Gasteiger partial charge in [0.2, 0.25) is 5.91 Å². The van der Waals surface area contributed by atoms with Crippen LogP contribution in [0.2, 0.25) is 0 Å². The molecule has 8 heteroatoms. The van der Waals surface area contributed by atoms with Gasteiger partial charge in [0.25, 0.3) is 0 Å². The summed E-state index contributed by atoms with van der Waals surface area (Å²) in [7, 11) is 0. The number of nitrogens with zero attached hydrogens (tertiary/aromatic N) is 5. The monoisotopic (exact) mass is 415 g/mol. The zero-order valence-corrected chi connectivity index (χ0v) is 15.7. The first kappa shape index (κ1) is 17.0. The van der Waals surface area contributed by atoms with E-state index in [1.165, 1.54) is 0 Å². The van der Waals surface area contributed by atoms with E-state index in [4.69, 9.17) is 4.74 Å². The first-order valence-electron chi connectivity index (χ1n) is 8.51. The first-order chi connectivity index (χ1) is 12.7. The Kier molecular flexibility index (Phi) is 4.83. The van der Waals surface area contributed by atoms with E-state index in [1.54, 1.807) is 18.7 Å². The van der Waals surface area contributed by atoms with Crippen molar-refractivity contribution < 1.29 is 9.53 Å². The lowest BCUT2D eigenvalue weighted by Gasteiger charge is -2.32. The molecule has 1 aromatic carbocycles. The van der Waals surface area contributed by atoms with Crippen LogP contribution in [0.1, 0.15) is 12.8 Å². The molecular formula is C18H18BrN5O2. The third kappa shape index (κ3) is 3.70. The molecule has 3 heterocycles. The molecule has 0 unspecified atom stereocenters. The van der Waals surface area contributed by atoms with Gasteiger partial charge in [0.1, 0.15) is 12.6 Å². The Hall–Kier alpha value is -2.48. The number of amides is 1. The second kappa shape index (κ2) is 7.41. The van der Waals surface area contributed by atoms with Crippen molar-refractivity contribution in [1.29, 1.82) is 0 Å². The second-order valence-corrected chi connectivity index (χ2v) is 7.18. The SMILES string of the molecule is O=C(Cn1cnc2ccccc21)N1CCC[C@@H](Oc2ncc(Br)cn2)C1. The van der Waals surface area contributed by atoms with Crippen molar-refractivity contribution in [1.82, 2.24) is 24.4 Å². The van der Waals surface area contributed by atoms with E-state index in [2.05, 4.69) is 30.9 Å². The third-order valence-corrected chi connectivity index (χ3v) is 4.84. The normalized spacial score (nSPS) is 17.4. The second-order valence-electron chi connectivity index (χ2n) is 6.27. The molecule has 1 aliphatic heterocycles. The number of hydrogen-bond donors (Lipinski definition) is 0. The van der Waals surface area contributed by atoms with E-state index < -0.39 is 0 Å². The van der Waals surface area contributed by atoms with Crippen LogP contribution in [0.4, 0.5) is 0 Å². The zero-order chi connectivity index (χ0) is 17.9. The maximum Gasteiger partial charge on any atom is 0.316 e. The van der Waals surface area contributed by atoms with E-state index in [1.807, 2.05) is 33.7 Å². The average Bonchev–Trinajstić information content (AvgIpc) is 3.07. The van der Waals surface area contributed by atoms with Gasteiger partial charge in [0, 0.05) is 18.9 Å². The van der Waals surface area contributed by atoms with E-state index in [-0.39, 0.29) is 18.6 Å². The molecule has 134 valence electrons. The number of para-hydroxylation sites is 2. The predicted molar refractivity (Wildman–Crippen MR) is 99.7 cm³/mol. The van der Waals surface area contributed by atoms with Crippen LogP contribution >= 0.6 is 15.9 Å². The van der Waals surface area contributed by atoms with Crippen LogP contribution in [-0.4, -0.2) is 49.5 Å². The standard InChI is InChI=1S/C18H18BrN5O2/c19-13-8-20-18(21-9-13)26-14-4-3-7-23(10-14)17(25)11-24-12-22-15-5-1-2-6-16(15)24/h1-2,5-6,8-9,12,14H,3-4,7,10-11H2/t14-/m1/s1. The highest BCUT2D eigenvalue weighted by molar-refractivity contribution is 9.10. The number of fused-ring (bicyclic) bond motifs is 1. The molecule has 0 N–H and O–H groups in total. The molecule has 1 saturated heterocycles. The van der Waals surface area contributed by atoms with Crippen LogP contribution < -0.4 is 4.74 Å². The fourth-order valence-corrected chi connectivity index (χ4v) is 3.36. The van der Waals surface area contributed by atoms with Crippen LogP contribution in [-0.2, 0) is 11.3 Å². The zero-order valence-electron chi connectivity index (χ0n) is 14.1. The third-order valence-electron chi connectivity index (χ3n) is 4.43. The molecule has 1 aliphatic rings. The molecule has 0 aliphatic carbocycles. The summed E-state index contributed by atoms with van der Waals surface area (Å²) in [5, 5.41) is 0. The fraction of sp³-hybridized carbons (Fsp3) is 0.333. The predicted octanol–water partition coefficient (Wildman–Crippen LogP) is 2.66. The number of carbonyl (C=O) groups excluding carboxylic acids is 1. The van der Waals surface area contributed by atoms with Crippen LogP contribution in [0.15, 0.2) is 47.5 Å². The van der Waals surface area contributed by atoms with Gasteiger partial charge in [-0.05, 0) is 40.9 Å². The largest absolute Gasteiger partial charge is 0.458 e. The number of halogens is 1. The number of rotatable bonds is 4. The summed E-state index contributed by atoms with van der Waals surface area (Å²) >= 11 is 3.30. The Morgan fingerprint density at radius 2 is 2.04 bits per heavy atom. The van der Waals surface area contributed by atoms with Gasteiger partial charge in [-0.25, -0.2) is 15.0 Å². The number of imidazole rings is 1. The Morgan fingerprint density at radius 1 is 1.23 bits per heavy atom. The van der Waals surface area contributed by atoms with Crippen molar-refractivity contribution in [2.24, 2.45) is 0 Å². The van der Waals surface area contributed by atoms with Gasteiger partial charge in [-0.2, -0.15) is 0 Å². The van der Waals surface area contributed by atoms with Gasteiger partial charge in [-0.1, -0.05) is 12.1 Å². The van der Waals surface area contributed by atoms with E-state index in [9.17, 15) is 4.79 Å². The van der Waals surface area contributed by atoms with Crippen molar-refractivity contribution in [3.05, 3.63) is 47.5 Å². The molecule has 0 radical (unpaired) electrons. The summed E-state index contributed by atoms with van der Waals surface area (Å²) in [5.74, 6) is 0.0678. The number of carbonyl (C=O) groups is 1. The van der Waals surface area contributed by atoms with Gasteiger partial charge < -0.3 is 14.2 Å². The number of aromatic nitrogens is 4. The molecule has 7 nitrogen and oxygen atoms in total. The molecule has 1 amide bonds. The number of piperidine rings is 1. The van der Waals surface area contributed by atoms with Gasteiger partial charge in [0.15, 0.2) is 0 Å². The van der Waals surface area contributed by atoms with E-state index in [0.29, 0.717) is 12.6 Å². The van der Waals surface area contributed by atoms with Crippen LogP contribution in [0.5, 0.6) is 6.01 Å². The highest BCUT2D eigenvalue weighted by atomic mass is 79.9. The minimum absolute atomic E-state index is 0.0678. The molecule has 0 bridgehead atoms. The molecule has 1 atom stereocenters. The summed E-state index contributed by atoms with van der Waals surface area (Å²) in [5.41, 5.74) is 1.86. The van der Waals surface area contributed by atoms with Crippen molar-refractivity contribution >= 4 is 32.9 Å². The lowest BCUT2D eigenvalue weighted by Crippen LogP contribution is -2.45. The molecule has 26 heavy (non-hydrogen) atoms. The summed E-state index contributed by atoms with van der Waals surface area (Å²) in [6.45, 7) is 1.57. The van der Waals surface area contributed by atoms with Gasteiger partial charge in [-0.3, -0.25) is 4.79 Å². The highest BCUT2D eigenvalue weighted by Crippen LogP contribution is 2.18. The van der Waals surface area contributed by atoms with Gasteiger partial charge in [0.05, 0.1) is 28.4 Å². The van der Waals surface area contributed by atoms with Gasteiger partial charge in [-0.15, -0.1) is 0 Å². The number of benzene rings is 1. The van der Waals surface area contributed by atoms with Crippen LogP contribution in [0, 0.1) is 0 Å².